The number of fused-ring (bicyclic) bond motifs is 1. The fourth-order valence-corrected chi connectivity index (χ4v) is 4.83. The SMILES string of the molecule is COc1ccc(-c2cc3c(O)cc(C(=O)O)c(-c4ccccc4)c3cc2N2CCOCC2)c(OC)c1. The summed E-state index contributed by atoms with van der Waals surface area (Å²) >= 11 is 0. The molecule has 0 radical (unpaired) electrons. The number of nitrogens with zero attached hydrogens (tertiary/aromatic N) is 1. The molecule has 1 fully saturated rings. The van der Waals surface area contributed by atoms with Gasteiger partial charge in [0.15, 0.2) is 0 Å². The molecule has 7 nitrogen and oxygen atoms in total. The van der Waals surface area contributed by atoms with Crippen molar-refractivity contribution in [2.75, 3.05) is 45.4 Å². The van der Waals surface area contributed by atoms with Crippen LogP contribution in [0.3, 0.4) is 0 Å². The van der Waals surface area contributed by atoms with Crippen molar-refractivity contribution in [2.45, 2.75) is 0 Å². The van der Waals surface area contributed by atoms with Crippen LogP contribution in [0, 0.1) is 0 Å². The minimum Gasteiger partial charge on any atom is -0.507 e. The third-order valence-corrected chi connectivity index (χ3v) is 6.58. The molecular weight excluding hydrogens is 458 g/mol. The number of aromatic carboxylic acids is 1. The highest BCUT2D eigenvalue weighted by Crippen LogP contribution is 2.46. The van der Waals surface area contributed by atoms with Crippen LogP contribution in [-0.4, -0.2) is 56.7 Å². The van der Waals surface area contributed by atoms with E-state index < -0.39 is 5.97 Å². The van der Waals surface area contributed by atoms with Crippen LogP contribution in [-0.2, 0) is 4.74 Å². The molecule has 4 aromatic carbocycles. The van der Waals surface area contributed by atoms with E-state index in [2.05, 4.69) is 4.90 Å². The van der Waals surface area contributed by atoms with Gasteiger partial charge in [-0.2, -0.15) is 0 Å². The number of methoxy groups -OCH3 is 2. The van der Waals surface area contributed by atoms with Gasteiger partial charge in [0.1, 0.15) is 17.2 Å². The molecule has 36 heavy (non-hydrogen) atoms. The number of morpholine rings is 1. The molecule has 0 bridgehead atoms. The Morgan fingerprint density at radius 1 is 0.889 bits per heavy atom. The van der Waals surface area contributed by atoms with Gasteiger partial charge in [-0.05, 0) is 41.3 Å². The van der Waals surface area contributed by atoms with Gasteiger partial charge in [0.2, 0.25) is 0 Å². The molecule has 0 saturated carbocycles. The summed E-state index contributed by atoms with van der Waals surface area (Å²) in [5.41, 5.74) is 3.99. The molecule has 7 heteroatoms. The van der Waals surface area contributed by atoms with Crippen molar-refractivity contribution in [3.05, 3.63) is 72.3 Å². The fraction of sp³-hybridized carbons (Fsp3) is 0.207. The van der Waals surface area contributed by atoms with Crippen LogP contribution in [0.15, 0.2) is 66.7 Å². The Morgan fingerprint density at radius 3 is 2.31 bits per heavy atom. The van der Waals surface area contributed by atoms with Crippen molar-refractivity contribution >= 4 is 22.4 Å². The molecule has 0 amide bonds. The van der Waals surface area contributed by atoms with E-state index in [1.165, 1.54) is 6.07 Å². The number of carbonyl (C=O) groups is 1. The number of phenolic OH excluding ortho intramolecular Hbond substituents is 1. The zero-order chi connectivity index (χ0) is 25.2. The third-order valence-electron chi connectivity index (χ3n) is 6.58. The quantitative estimate of drug-likeness (QED) is 0.376. The molecule has 1 aliphatic heterocycles. The van der Waals surface area contributed by atoms with Crippen LogP contribution in [0.5, 0.6) is 17.2 Å². The van der Waals surface area contributed by atoms with Crippen LogP contribution >= 0.6 is 0 Å². The molecule has 0 spiro atoms. The Labute approximate surface area is 209 Å². The second-order valence-electron chi connectivity index (χ2n) is 8.57. The summed E-state index contributed by atoms with van der Waals surface area (Å²) < 4.78 is 16.7. The first kappa shape index (κ1) is 23.5. The third kappa shape index (κ3) is 4.18. The van der Waals surface area contributed by atoms with Gasteiger partial charge in [-0.25, -0.2) is 4.79 Å². The lowest BCUT2D eigenvalue weighted by Gasteiger charge is -2.31. The molecule has 0 aromatic heterocycles. The smallest absolute Gasteiger partial charge is 0.336 e. The van der Waals surface area contributed by atoms with Crippen LogP contribution in [0.25, 0.3) is 33.0 Å². The largest absolute Gasteiger partial charge is 0.507 e. The Kier molecular flexibility index (Phi) is 6.40. The number of ether oxygens (including phenoxy) is 3. The number of aromatic hydroxyl groups is 1. The number of anilines is 1. The number of carboxylic acids is 1. The normalized spacial score (nSPS) is 13.6. The van der Waals surface area contributed by atoms with Gasteiger partial charge < -0.3 is 29.3 Å². The van der Waals surface area contributed by atoms with E-state index in [1.807, 2.05) is 60.7 Å². The summed E-state index contributed by atoms with van der Waals surface area (Å²) in [7, 11) is 3.21. The summed E-state index contributed by atoms with van der Waals surface area (Å²) in [4.78, 5) is 14.5. The number of hydrogen-bond donors (Lipinski definition) is 2. The van der Waals surface area contributed by atoms with E-state index in [0.29, 0.717) is 54.1 Å². The van der Waals surface area contributed by atoms with Gasteiger partial charge in [0, 0.05) is 46.9 Å². The number of hydrogen-bond acceptors (Lipinski definition) is 6. The van der Waals surface area contributed by atoms with Gasteiger partial charge in [-0.1, -0.05) is 30.3 Å². The Balaban J connectivity index is 1.86. The number of carboxylic acid groups (broad SMARTS) is 1. The summed E-state index contributed by atoms with van der Waals surface area (Å²) in [6.07, 6.45) is 0. The minimum absolute atomic E-state index is 0.0499. The molecule has 1 heterocycles. The van der Waals surface area contributed by atoms with Crippen molar-refractivity contribution in [2.24, 2.45) is 0 Å². The van der Waals surface area contributed by atoms with Crippen molar-refractivity contribution in [3.63, 3.8) is 0 Å². The van der Waals surface area contributed by atoms with E-state index in [0.717, 1.165) is 22.4 Å². The van der Waals surface area contributed by atoms with Crippen molar-refractivity contribution < 1.29 is 29.2 Å². The van der Waals surface area contributed by atoms with Crippen LogP contribution in [0.4, 0.5) is 5.69 Å². The van der Waals surface area contributed by atoms with Gasteiger partial charge in [0.25, 0.3) is 0 Å². The lowest BCUT2D eigenvalue weighted by Crippen LogP contribution is -2.36. The molecular formula is C29H27NO6. The molecule has 5 rings (SSSR count). The Bertz CT molecular complexity index is 1430. The molecule has 1 saturated heterocycles. The average molecular weight is 486 g/mol. The van der Waals surface area contributed by atoms with E-state index in [9.17, 15) is 15.0 Å². The Morgan fingerprint density at radius 2 is 1.64 bits per heavy atom. The predicted molar refractivity (Wildman–Crippen MR) is 140 cm³/mol. The summed E-state index contributed by atoms with van der Waals surface area (Å²) in [6.45, 7) is 2.54. The van der Waals surface area contributed by atoms with Crippen molar-refractivity contribution in [3.8, 4) is 39.5 Å². The molecule has 184 valence electrons. The van der Waals surface area contributed by atoms with Crippen molar-refractivity contribution in [1.29, 1.82) is 0 Å². The first-order chi connectivity index (χ1) is 17.5. The standard InChI is InChI=1S/C29H27NO6/c1-34-19-8-9-20(27(14-19)35-2)21-15-22-23(16-25(21)30-10-12-36-13-11-30)28(18-6-4-3-5-7-18)24(29(32)33)17-26(22)31/h3-9,14-17,31H,10-13H2,1-2H3,(H,32,33). The second-order valence-corrected chi connectivity index (χ2v) is 8.57. The van der Waals surface area contributed by atoms with Gasteiger partial charge in [-0.3, -0.25) is 0 Å². The predicted octanol–water partition coefficient (Wildman–Crippen LogP) is 5.43. The second kappa shape index (κ2) is 9.79. The average Bonchev–Trinajstić information content (AvgIpc) is 2.92. The summed E-state index contributed by atoms with van der Waals surface area (Å²) in [5.74, 6) is 0.113. The molecule has 0 unspecified atom stereocenters. The lowest BCUT2D eigenvalue weighted by atomic mass is 9.89. The van der Waals surface area contributed by atoms with Gasteiger partial charge >= 0.3 is 5.97 Å². The fourth-order valence-electron chi connectivity index (χ4n) is 4.83. The maximum absolute atomic E-state index is 12.2. The van der Waals surface area contributed by atoms with E-state index >= 15 is 0 Å². The van der Waals surface area contributed by atoms with Crippen LogP contribution < -0.4 is 14.4 Å². The highest BCUT2D eigenvalue weighted by Gasteiger charge is 2.24. The first-order valence-electron chi connectivity index (χ1n) is 11.7. The van der Waals surface area contributed by atoms with Crippen LogP contribution in [0.2, 0.25) is 0 Å². The number of rotatable bonds is 6. The van der Waals surface area contributed by atoms with Crippen molar-refractivity contribution in [1.82, 2.24) is 0 Å². The molecule has 4 aromatic rings. The maximum atomic E-state index is 12.2. The number of benzene rings is 4. The maximum Gasteiger partial charge on any atom is 0.336 e. The molecule has 0 aliphatic carbocycles. The molecule has 1 aliphatic rings. The summed E-state index contributed by atoms with van der Waals surface area (Å²) in [5, 5.41) is 22.2. The van der Waals surface area contributed by atoms with E-state index in [4.69, 9.17) is 14.2 Å². The highest BCUT2D eigenvalue weighted by atomic mass is 16.5. The first-order valence-corrected chi connectivity index (χ1v) is 11.7. The Hall–Kier alpha value is -4.23. The van der Waals surface area contributed by atoms with E-state index in [1.54, 1.807) is 14.2 Å². The van der Waals surface area contributed by atoms with Gasteiger partial charge in [0.05, 0.1) is 33.0 Å². The lowest BCUT2D eigenvalue weighted by molar-refractivity contribution is 0.0697. The summed E-state index contributed by atoms with van der Waals surface area (Å²) in [6, 6.07) is 20.3. The minimum atomic E-state index is -1.10. The zero-order valence-electron chi connectivity index (χ0n) is 20.2. The molecule has 2 N–H and O–H groups in total. The zero-order valence-corrected chi connectivity index (χ0v) is 20.2. The molecule has 0 atom stereocenters. The highest BCUT2D eigenvalue weighted by molar-refractivity contribution is 6.12. The topological polar surface area (TPSA) is 88.5 Å². The number of phenols is 1. The van der Waals surface area contributed by atoms with Crippen LogP contribution in [0.1, 0.15) is 10.4 Å². The van der Waals surface area contributed by atoms with E-state index in [-0.39, 0.29) is 11.3 Å². The van der Waals surface area contributed by atoms with Gasteiger partial charge in [-0.15, -0.1) is 0 Å². The monoisotopic (exact) mass is 485 g/mol.